The molecular weight excluding hydrogens is 302 g/mol. The van der Waals surface area contributed by atoms with Crippen molar-refractivity contribution in [2.75, 3.05) is 20.2 Å². The highest BCUT2D eigenvalue weighted by atomic mass is 16.5. The van der Waals surface area contributed by atoms with E-state index in [0.717, 1.165) is 18.8 Å². The average Bonchev–Trinajstić information content (AvgIpc) is 2.63. The molecule has 1 aliphatic heterocycles. The van der Waals surface area contributed by atoms with Gasteiger partial charge in [0.2, 0.25) is 0 Å². The predicted octanol–water partition coefficient (Wildman–Crippen LogP) is 3.58. The third-order valence-corrected chi connectivity index (χ3v) is 4.77. The van der Waals surface area contributed by atoms with Crippen molar-refractivity contribution in [3.8, 4) is 5.75 Å². The number of methoxy groups -OCH3 is 1. The van der Waals surface area contributed by atoms with Crippen LogP contribution in [-0.4, -0.2) is 36.2 Å². The normalized spacial score (nSPS) is 17.4. The van der Waals surface area contributed by atoms with Gasteiger partial charge in [0, 0.05) is 0 Å². The summed E-state index contributed by atoms with van der Waals surface area (Å²) in [4.78, 5) is 13.6. The molecule has 0 amide bonds. The molecule has 0 aliphatic carbocycles. The molecule has 0 aromatic heterocycles. The van der Waals surface area contributed by atoms with Gasteiger partial charge < -0.3 is 9.84 Å². The third kappa shape index (κ3) is 3.60. The van der Waals surface area contributed by atoms with Crippen molar-refractivity contribution in [3.63, 3.8) is 0 Å². The highest BCUT2D eigenvalue weighted by molar-refractivity contribution is 5.70. The summed E-state index contributed by atoms with van der Waals surface area (Å²) in [5.41, 5.74) is 2.40. The fourth-order valence-electron chi connectivity index (χ4n) is 3.47. The molecule has 1 atom stereocenters. The maximum absolute atomic E-state index is 11.2. The molecule has 1 aliphatic rings. The van der Waals surface area contributed by atoms with Crippen LogP contribution in [0.4, 0.5) is 0 Å². The largest absolute Gasteiger partial charge is 0.497 e. The number of ether oxygens (including phenoxy) is 1. The Kier molecular flexibility index (Phi) is 5.16. The fraction of sp³-hybridized carbons (Fsp3) is 0.350. The Morgan fingerprint density at radius 2 is 1.75 bits per heavy atom. The van der Waals surface area contributed by atoms with Crippen molar-refractivity contribution in [1.82, 2.24) is 4.90 Å². The Morgan fingerprint density at radius 1 is 1.08 bits per heavy atom. The van der Waals surface area contributed by atoms with E-state index in [4.69, 9.17) is 4.74 Å². The first-order chi connectivity index (χ1) is 11.7. The van der Waals surface area contributed by atoms with Gasteiger partial charge in [-0.1, -0.05) is 42.5 Å². The van der Waals surface area contributed by atoms with E-state index in [1.807, 2.05) is 30.3 Å². The van der Waals surface area contributed by atoms with Crippen molar-refractivity contribution in [1.29, 1.82) is 0 Å². The SMILES string of the molecule is COc1cccc(C(c2ccccc2)N2CCC(C(=O)O)CC2)c1. The molecule has 1 unspecified atom stereocenters. The number of aliphatic carboxylic acids is 1. The van der Waals surface area contributed by atoms with Crippen LogP contribution in [-0.2, 0) is 4.79 Å². The van der Waals surface area contributed by atoms with Gasteiger partial charge >= 0.3 is 5.97 Å². The van der Waals surface area contributed by atoms with E-state index < -0.39 is 5.97 Å². The zero-order chi connectivity index (χ0) is 16.9. The smallest absolute Gasteiger partial charge is 0.306 e. The van der Waals surface area contributed by atoms with Crippen LogP contribution in [0.15, 0.2) is 54.6 Å². The summed E-state index contributed by atoms with van der Waals surface area (Å²) in [7, 11) is 1.68. The number of hydrogen-bond acceptors (Lipinski definition) is 3. The van der Waals surface area contributed by atoms with Gasteiger partial charge in [-0.2, -0.15) is 0 Å². The van der Waals surface area contributed by atoms with Crippen LogP contribution in [0.3, 0.4) is 0 Å². The number of carboxylic acids is 1. The Labute approximate surface area is 142 Å². The quantitative estimate of drug-likeness (QED) is 0.913. The summed E-state index contributed by atoms with van der Waals surface area (Å²) < 4.78 is 5.38. The number of piperidine rings is 1. The van der Waals surface area contributed by atoms with Gasteiger partial charge in [-0.25, -0.2) is 0 Å². The summed E-state index contributed by atoms with van der Waals surface area (Å²) in [5, 5.41) is 9.23. The molecule has 126 valence electrons. The van der Waals surface area contributed by atoms with E-state index in [-0.39, 0.29) is 12.0 Å². The summed E-state index contributed by atoms with van der Waals surface area (Å²) >= 11 is 0. The first-order valence-electron chi connectivity index (χ1n) is 8.35. The fourth-order valence-corrected chi connectivity index (χ4v) is 3.47. The number of rotatable bonds is 5. The van der Waals surface area contributed by atoms with Crippen LogP contribution in [0.25, 0.3) is 0 Å². The average molecular weight is 325 g/mol. The third-order valence-electron chi connectivity index (χ3n) is 4.77. The van der Waals surface area contributed by atoms with Gasteiger partial charge in [0.15, 0.2) is 0 Å². The summed E-state index contributed by atoms with van der Waals surface area (Å²) in [6.45, 7) is 1.57. The molecule has 0 spiro atoms. The molecule has 1 N–H and O–H groups in total. The first kappa shape index (κ1) is 16.5. The van der Waals surface area contributed by atoms with Crippen molar-refractivity contribution in [2.45, 2.75) is 18.9 Å². The molecule has 2 aromatic carbocycles. The number of carbonyl (C=O) groups is 1. The Morgan fingerprint density at radius 3 is 2.38 bits per heavy atom. The number of benzene rings is 2. The van der Waals surface area contributed by atoms with E-state index in [0.29, 0.717) is 12.8 Å². The van der Waals surface area contributed by atoms with E-state index in [2.05, 4.69) is 29.2 Å². The molecule has 4 nitrogen and oxygen atoms in total. The second-order valence-electron chi connectivity index (χ2n) is 6.24. The minimum absolute atomic E-state index is 0.121. The van der Waals surface area contributed by atoms with Crippen molar-refractivity contribution < 1.29 is 14.6 Å². The Balaban J connectivity index is 1.90. The minimum Gasteiger partial charge on any atom is -0.497 e. The van der Waals surface area contributed by atoms with E-state index in [1.54, 1.807) is 7.11 Å². The van der Waals surface area contributed by atoms with Crippen LogP contribution in [0.1, 0.15) is 30.0 Å². The molecule has 24 heavy (non-hydrogen) atoms. The highest BCUT2D eigenvalue weighted by Crippen LogP contribution is 2.33. The van der Waals surface area contributed by atoms with E-state index in [9.17, 15) is 9.90 Å². The summed E-state index contributed by atoms with van der Waals surface area (Å²) in [5.74, 6) is -0.0517. The molecule has 3 rings (SSSR count). The molecule has 4 heteroatoms. The Bertz CT molecular complexity index is 678. The summed E-state index contributed by atoms with van der Waals surface area (Å²) in [6, 6.07) is 18.6. The van der Waals surface area contributed by atoms with E-state index >= 15 is 0 Å². The molecule has 1 saturated heterocycles. The van der Waals surface area contributed by atoms with Crippen LogP contribution < -0.4 is 4.74 Å². The molecular formula is C20H23NO3. The minimum atomic E-state index is -0.674. The number of likely N-dealkylation sites (tertiary alicyclic amines) is 1. The highest BCUT2D eigenvalue weighted by Gasteiger charge is 2.30. The second-order valence-corrected chi connectivity index (χ2v) is 6.24. The maximum Gasteiger partial charge on any atom is 0.306 e. The maximum atomic E-state index is 11.2. The zero-order valence-electron chi connectivity index (χ0n) is 13.9. The topological polar surface area (TPSA) is 49.8 Å². The van der Waals surface area contributed by atoms with Crippen molar-refractivity contribution in [2.24, 2.45) is 5.92 Å². The predicted molar refractivity (Wildman–Crippen MR) is 93.2 cm³/mol. The lowest BCUT2D eigenvalue weighted by molar-refractivity contribution is -0.143. The van der Waals surface area contributed by atoms with Crippen molar-refractivity contribution >= 4 is 5.97 Å². The zero-order valence-corrected chi connectivity index (χ0v) is 13.9. The van der Waals surface area contributed by atoms with Crippen LogP contribution in [0.5, 0.6) is 5.75 Å². The molecule has 1 fully saturated rings. The van der Waals surface area contributed by atoms with Crippen molar-refractivity contribution in [3.05, 3.63) is 65.7 Å². The van der Waals surface area contributed by atoms with Crippen LogP contribution in [0.2, 0.25) is 0 Å². The lowest BCUT2D eigenvalue weighted by Gasteiger charge is -2.37. The summed E-state index contributed by atoms with van der Waals surface area (Å²) in [6.07, 6.45) is 1.39. The lowest BCUT2D eigenvalue weighted by atomic mass is 9.91. The standard InChI is InChI=1S/C20H23NO3/c1-24-18-9-5-8-17(14-18)19(15-6-3-2-4-7-15)21-12-10-16(11-13-21)20(22)23/h2-9,14,16,19H,10-13H2,1H3,(H,22,23). The van der Waals surface area contributed by atoms with Crippen LogP contribution in [0, 0.1) is 5.92 Å². The lowest BCUT2D eigenvalue weighted by Crippen LogP contribution is -2.39. The Hall–Kier alpha value is -2.33. The van der Waals surface area contributed by atoms with Gasteiger partial charge in [0.25, 0.3) is 0 Å². The van der Waals surface area contributed by atoms with Gasteiger partial charge in [-0.05, 0) is 49.2 Å². The number of nitrogens with zero attached hydrogens (tertiary/aromatic N) is 1. The monoisotopic (exact) mass is 325 g/mol. The molecule has 2 aromatic rings. The molecule has 0 radical (unpaired) electrons. The number of hydrogen-bond donors (Lipinski definition) is 1. The molecule has 0 bridgehead atoms. The molecule has 1 heterocycles. The first-order valence-corrected chi connectivity index (χ1v) is 8.35. The van der Waals surface area contributed by atoms with E-state index in [1.165, 1.54) is 11.1 Å². The van der Waals surface area contributed by atoms with Gasteiger partial charge in [0.1, 0.15) is 5.75 Å². The second kappa shape index (κ2) is 7.49. The van der Waals surface area contributed by atoms with Gasteiger partial charge in [-0.15, -0.1) is 0 Å². The van der Waals surface area contributed by atoms with Crippen LogP contribution >= 0.6 is 0 Å². The number of carboxylic acid groups (broad SMARTS) is 1. The molecule has 0 saturated carbocycles. The van der Waals surface area contributed by atoms with Gasteiger partial charge in [-0.3, -0.25) is 9.69 Å². The van der Waals surface area contributed by atoms with Gasteiger partial charge in [0.05, 0.1) is 19.1 Å².